The molecule has 0 aromatic heterocycles. The SMILES string of the molecule is CCCCCCCCCCCCCCCCOC1N(C2CC(N=[N+]=[N-])C(CO)O2)C(=O)NC(=O)C1(C)Cl. The molecule has 37 heavy (non-hydrogen) atoms. The summed E-state index contributed by atoms with van der Waals surface area (Å²) in [6.07, 6.45) is 15.0. The average molecular weight is 544 g/mol. The van der Waals surface area contributed by atoms with Crippen LogP contribution in [0.4, 0.5) is 4.79 Å². The van der Waals surface area contributed by atoms with Gasteiger partial charge in [0.15, 0.2) is 11.1 Å². The molecule has 10 nitrogen and oxygen atoms in total. The van der Waals surface area contributed by atoms with Gasteiger partial charge in [0, 0.05) is 17.9 Å². The maximum absolute atomic E-state index is 12.7. The highest BCUT2D eigenvalue weighted by Gasteiger charge is 2.54. The van der Waals surface area contributed by atoms with Crippen LogP contribution in [0.5, 0.6) is 0 Å². The summed E-state index contributed by atoms with van der Waals surface area (Å²) in [5.41, 5.74) is 8.80. The summed E-state index contributed by atoms with van der Waals surface area (Å²) < 4.78 is 11.8. The molecule has 0 aromatic carbocycles. The third-order valence-electron chi connectivity index (χ3n) is 7.28. The summed E-state index contributed by atoms with van der Waals surface area (Å²) in [6.45, 7) is 3.73. The Kier molecular flexibility index (Phi) is 14.6. The van der Waals surface area contributed by atoms with Crippen molar-refractivity contribution in [2.45, 2.75) is 140 Å². The van der Waals surface area contributed by atoms with Crippen LogP contribution < -0.4 is 5.32 Å². The van der Waals surface area contributed by atoms with Crippen molar-refractivity contribution in [3.8, 4) is 0 Å². The largest absolute Gasteiger partial charge is 0.394 e. The molecule has 2 fully saturated rings. The number of halogens is 1. The third kappa shape index (κ3) is 9.91. The number of rotatable bonds is 19. The van der Waals surface area contributed by atoms with Crippen LogP contribution in [0.2, 0.25) is 0 Å². The maximum Gasteiger partial charge on any atom is 0.328 e. The predicted molar refractivity (Wildman–Crippen MR) is 143 cm³/mol. The van der Waals surface area contributed by atoms with E-state index in [4.69, 9.17) is 26.6 Å². The number of urea groups is 1. The molecule has 2 rings (SSSR count). The highest BCUT2D eigenvalue weighted by atomic mass is 35.5. The topological polar surface area (TPSA) is 137 Å². The summed E-state index contributed by atoms with van der Waals surface area (Å²) in [7, 11) is 0. The molecule has 2 aliphatic heterocycles. The molecule has 11 heteroatoms. The summed E-state index contributed by atoms with van der Waals surface area (Å²) >= 11 is 6.54. The zero-order valence-electron chi connectivity index (χ0n) is 22.6. The van der Waals surface area contributed by atoms with Crippen LogP contribution >= 0.6 is 11.6 Å². The lowest BCUT2D eigenvalue weighted by Crippen LogP contribution is -2.69. The van der Waals surface area contributed by atoms with Crippen molar-refractivity contribution in [3.63, 3.8) is 0 Å². The number of azide groups is 1. The van der Waals surface area contributed by atoms with Crippen molar-refractivity contribution in [2.24, 2.45) is 5.11 Å². The van der Waals surface area contributed by atoms with E-state index in [1.807, 2.05) is 0 Å². The Morgan fingerprint density at radius 1 is 1.08 bits per heavy atom. The van der Waals surface area contributed by atoms with Crippen molar-refractivity contribution in [2.75, 3.05) is 13.2 Å². The average Bonchev–Trinajstić information content (AvgIpc) is 3.27. The molecule has 2 aliphatic rings. The molecular formula is C26H46ClN5O5. The lowest BCUT2D eigenvalue weighted by Gasteiger charge is -2.45. The second kappa shape index (κ2) is 17.1. The standard InChI is InChI=1S/C26H46ClN5O5/c1-3-4-5-6-7-8-9-10-11-12-13-14-15-16-17-36-24-26(2,27)23(34)29-25(35)32(24)22-18-20(30-31-28)21(19-33)37-22/h20-22,24,33H,3-19H2,1-2H3,(H,29,34,35). The molecule has 3 amide bonds. The van der Waals surface area contributed by atoms with E-state index in [9.17, 15) is 14.7 Å². The first-order chi connectivity index (χ1) is 17.9. The maximum atomic E-state index is 12.7. The van der Waals surface area contributed by atoms with Crippen LogP contribution in [0.15, 0.2) is 5.11 Å². The molecule has 0 aliphatic carbocycles. The highest BCUT2D eigenvalue weighted by Crippen LogP contribution is 2.35. The van der Waals surface area contributed by atoms with Gasteiger partial charge in [-0.25, -0.2) is 4.79 Å². The molecule has 0 radical (unpaired) electrons. The Hall–Kier alpha value is -1.58. The van der Waals surface area contributed by atoms with Gasteiger partial charge in [-0.2, -0.15) is 0 Å². The first-order valence-corrected chi connectivity index (χ1v) is 14.5. The molecule has 2 heterocycles. The van der Waals surface area contributed by atoms with Gasteiger partial charge in [-0.05, 0) is 18.9 Å². The molecule has 212 valence electrons. The fourth-order valence-corrected chi connectivity index (χ4v) is 5.23. The first kappa shape index (κ1) is 31.6. The number of carbonyl (C=O) groups excluding carboxylic acids is 2. The monoisotopic (exact) mass is 543 g/mol. The normalized spacial score (nSPS) is 27.8. The van der Waals surface area contributed by atoms with Gasteiger partial charge in [-0.3, -0.25) is 15.0 Å². The van der Waals surface area contributed by atoms with Gasteiger partial charge < -0.3 is 14.6 Å². The molecule has 0 aromatic rings. The minimum absolute atomic E-state index is 0.169. The van der Waals surface area contributed by atoms with E-state index >= 15 is 0 Å². The number of aliphatic hydroxyl groups excluding tert-OH is 1. The number of aliphatic hydroxyl groups is 1. The summed E-state index contributed by atoms with van der Waals surface area (Å²) in [5.74, 6) is -0.635. The highest BCUT2D eigenvalue weighted by molar-refractivity contribution is 6.36. The van der Waals surface area contributed by atoms with Crippen LogP contribution in [-0.2, 0) is 14.3 Å². The molecule has 0 saturated carbocycles. The molecule has 5 unspecified atom stereocenters. The Morgan fingerprint density at radius 3 is 2.14 bits per heavy atom. The van der Waals surface area contributed by atoms with Crippen molar-refractivity contribution in [1.82, 2.24) is 10.2 Å². The molecular weight excluding hydrogens is 498 g/mol. The Labute approximate surface area is 226 Å². The number of unbranched alkanes of at least 4 members (excludes halogenated alkanes) is 13. The summed E-state index contributed by atoms with van der Waals surface area (Å²) in [4.78, 5) is 27.7. The van der Waals surface area contributed by atoms with Crippen molar-refractivity contribution >= 4 is 23.5 Å². The smallest absolute Gasteiger partial charge is 0.328 e. The first-order valence-electron chi connectivity index (χ1n) is 14.1. The van der Waals surface area contributed by atoms with Crippen LogP contribution in [0.25, 0.3) is 10.4 Å². The summed E-state index contributed by atoms with van der Waals surface area (Å²) in [6, 6.07) is -1.32. The predicted octanol–water partition coefficient (Wildman–Crippen LogP) is 6.15. The molecule has 0 spiro atoms. The number of imide groups is 1. The van der Waals surface area contributed by atoms with E-state index in [1.54, 1.807) is 0 Å². The minimum Gasteiger partial charge on any atom is -0.394 e. The van der Waals surface area contributed by atoms with Crippen LogP contribution in [-0.4, -0.2) is 64.6 Å². The number of carbonyl (C=O) groups is 2. The van der Waals surface area contributed by atoms with Crippen molar-refractivity contribution in [1.29, 1.82) is 0 Å². The van der Waals surface area contributed by atoms with Crippen molar-refractivity contribution in [3.05, 3.63) is 10.4 Å². The van der Waals surface area contributed by atoms with Crippen molar-refractivity contribution < 1.29 is 24.2 Å². The molecule has 2 saturated heterocycles. The van der Waals surface area contributed by atoms with Crippen LogP contribution in [0.1, 0.15) is 110 Å². The van der Waals surface area contributed by atoms with Crippen LogP contribution in [0, 0.1) is 0 Å². The van der Waals surface area contributed by atoms with Crippen LogP contribution in [0.3, 0.4) is 0 Å². The van der Waals surface area contributed by atoms with Gasteiger partial charge >= 0.3 is 6.03 Å². The van der Waals surface area contributed by atoms with E-state index in [0.717, 1.165) is 19.3 Å². The second-order valence-corrected chi connectivity index (χ2v) is 11.2. The lowest BCUT2D eigenvalue weighted by molar-refractivity contribution is -0.161. The third-order valence-corrected chi connectivity index (χ3v) is 7.64. The number of hydrogen-bond donors (Lipinski definition) is 2. The summed E-state index contributed by atoms with van der Waals surface area (Å²) in [5, 5.41) is 15.5. The van der Waals surface area contributed by atoms with E-state index in [2.05, 4.69) is 22.3 Å². The number of ether oxygens (including phenoxy) is 2. The second-order valence-electron chi connectivity index (χ2n) is 10.4. The van der Waals surface area contributed by atoms with Gasteiger partial charge in [-0.15, -0.1) is 11.6 Å². The quantitative estimate of drug-likeness (QED) is 0.0662. The Morgan fingerprint density at radius 2 is 1.62 bits per heavy atom. The number of nitrogens with one attached hydrogen (secondary N) is 1. The van der Waals surface area contributed by atoms with Gasteiger partial charge in [0.05, 0.1) is 18.8 Å². The number of hydrogen-bond acceptors (Lipinski definition) is 6. The van der Waals surface area contributed by atoms with Gasteiger partial charge in [0.25, 0.3) is 5.91 Å². The lowest BCUT2D eigenvalue weighted by atomic mass is 10.0. The number of alkyl halides is 1. The minimum atomic E-state index is -1.52. The van der Waals surface area contributed by atoms with E-state index < -0.39 is 41.4 Å². The fourth-order valence-electron chi connectivity index (χ4n) is 5.01. The number of nitrogens with zero attached hydrogens (tertiary/aromatic N) is 4. The van der Waals surface area contributed by atoms with E-state index in [0.29, 0.717) is 6.61 Å². The van der Waals surface area contributed by atoms with Gasteiger partial charge in [0.1, 0.15) is 6.23 Å². The Balaban J connectivity index is 1.71. The van der Waals surface area contributed by atoms with Gasteiger partial charge in [0.2, 0.25) is 0 Å². The number of amides is 3. The van der Waals surface area contributed by atoms with E-state index in [-0.39, 0.29) is 13.0 Å². The molecule has 2 N–H and O–H groups in total. The van der Waals surface area contributed by atoms with E-state index in [1.165, 1.54) is 82.5 Å². The fraction of sp³-hybridized carbons (Fsp3) is 0.923. The van der Waals surface area contributed by atoms with Gasteiger partial charge in [-0.1, -0.05) is 95.5 Å². The zero-order chi connectivity index (χ0) is 27.1. The molecule has 5 atom stereocenters. The molecule has 0 bridgehead atoms. The zero-order valence-corrected chi connectivity index (χ0v) is 23.3. The Bertz CT molecular complexity index is 749.